The molecule has 0 unspecified atom stereocenters. The number of hydrazine groups is 2. The van der Waals surface area contributed by atoms with Crippen molar-refractivity contribution in [2.24, 2.45) is 0 Å². The minimum Gasteiger partial charge on any atom is -0.389 e. The van der Waals surface area contributed by atoms with Gasteiger partial charge in [0.15, 0.2) is 0 Å². The molecule has 0 bridgehead atoms. The lowest BCUT2D eigenvalue weighted by Gasteiger charge is -2.27. The molecule has 1 aliphatic rings. The lowest BCUT2D eigenvalue weighted by Crippen LogP contribution is -2.48. The predicted octanol–water partition coefficient (Wildman–Crippen LogP) is 1.79. The topological polar surface area (TPSA) is 62.5 Å². The molecule has 2 N–H and O–H groups in total. The van der Waals surface area contributed by atoms with Crippen LogP contribution in [0.1, 0.15) is 25.0 Å². The van der Waals surface area contributed by atoms with Crippen molar-refractivity contribution in [1.82, 2.24) is 5.53 Å². The van der Waals surface area contributed by atoms with Gasteiger partial charge in [-0.15, -0.1) is 5.53 Å². The molecular weight excluding hydrogens is 259 g/mol. The summed E-state index contributed by atoms with van der Waals surface area (Å²) in [6.45, 7) is 7.06. The van der Waals surface area contributed by atoms with Crippen molar-refractivity contribution in [1.29, 1.82) is 5.26 Å². The van der Waals surface area contributed by atoms with Crippen molar-refractivity contribution in [2.75, 3.05) is 23.6 Å². The molecule has 0 atom stereocenters. The summed E-state index contributed by atoms with van der Waals surface area (Å²) in [6.07, 6.45) is 1.38. The maximum atomic E-state index is 14.2. The first kappa shape index (κ1) is 14.3. The molecule has 1 heterocycles. The Morgan fingerprint density at radius 3 is 2.75 bits per heavy atom. The molecule has 6 heteroatoms. The van der Waals surface area contributed by atoms with E-state index in [-0.39, 0.29) is 17.7 Å². The highest BCUT2D eigenvalue weighted by atomic mass is 19.1. The highest BCUT2D eigenvalue weighted by Crippen LogP contribution is 2.39. The Morgan fingerprint density at radius 1 is 1.60 bits per heavy atom. The second-order valence-electron chi connectivity index (χ2n) is 5.40. The van der Waals surface area contributed by atoms with E-state index in [9.17, 15) is 14.8 Å². The summed E-state index contributed by atoms with van der Waals surface area (Å²) in [5.41, 5.74) is 3.31. The van der Waals surface area contributed by atoms with E-state index in [0.717, 1.165) is 0 Å². The van der Waals surface area contributed by atoms with Crippen LogP contribution in [0, 0.1) is 17.1 Å². The first-order chi connectivity index (χ1) is 9.28. The molecule has 0 spiro atoms. The molecule has 0 saturated carbocycles. The molecule has 0 aliphatic carbocycles. The number of fused-ring (bicyclic) bond motifs is 1. The van der Waals surface area contributed by atoms with Crippen LogP contribution in [0.3, 0.4) is 0 Å². The maximum Gasteiger partial charge on any atom is 0.150 e. The molecule has 106 valence electrons. The standard InChI is InChI=1S/C14H17FN4O/c1-5-9-6-11-13(10(7-16)12(9)15)19(17-18(11)4)8-14(2,3)20/h5-6,17,20H,1,8H2,2-4H3. The summed E-state index contributed by atoms with van der Waals surface area (Å²) in [5.74, 6) is -0.598. The molecule has 0 aromatic heterocycles. The van der Waals surface area contributed by atoms with Crippen molar-refractivity contribution in [3.63, 3.8) is 0 Å². The number of anilines is 2. The third kappa shape index (κ3) is 2.33. The van der Waals surface area contributed by atoms with E-state index >= 15 is 0 Å². The number of β-amino-alcohol motifs (C(OH)–C–C–N with tert-alkyl or cyclic N) is 1. The molecule has 20 heavy (non-hydrogen) atoms. The smallest absolute Gasteiger partial charge is 0.150 e. The third-order valence-corrected chi connectivity index (χ3v) is 3.02. The summed E-state index contributed by atoms with van der Waals surface area (Å²) in [5, 5.41) is 22.4. The normalized spacial score (nSPS) is 14.2. The minimum absolute atomic E-state index is 0.0569. The van der Waals surface area contributed by atoms with Gasteiger partial charge in [0, 0.05) is 12.6 Å². The van der Waals surface area contributed by atoms with Crippen LogP contribution in [-0.4, -0.2) is 24.3 Å². The molecular formula is C14H17FN4O. The van der Waals surface area contributed by atoms with E-state index in [1.165, 1.54) is 6.08 Å². The van der Waals surface area contributed by atoms with E-state index in [1.807, 2.05) is 6.07 Å². The number of hydrogen-bond acceptors (Lipinski definition) is 5. The molecule has 0 radical (unpaired) electrons. The zero-order valence-electron chi connectivity index (χ0n) is 11.7. The fourth-order valence-corrected chi connectivity index (χ4v) is 2.22. The number of nitriles is 1. The zero-order valence-corrected chi connectivity index (χ0v) is 11.7. The number of hydrogen-bond donors (Lipinski definition) is 2. The second kappa shape index (κ2) is 4.78. The second-order valence-corrected chi connectivity index (χ2v) is 5.40. The van der Waals surface area contributed by atoms with Crippen LogP contribution in [0.2, 0.25) is 0 Å². The van der Waals surface area contributed by atoms with Crippen LogP contribution in [0.15, 0.2) is 12.6 Å². The van der Waals surface area contributed by atoms with Gasteiger partial charge in [0.25, 0.3) is 0 Å². The summed E-state index contributed by atoms with van der Waals surface area (Å²) < 4.78 is 14.2. The first-order valence-electron chi connectivity index (χ1n) is 6.17. The maximum absolute atomic E-state index is 14.2. The van der Waals surface area contributed by atoms with Crippen LogP contribution in [0.5, 0.6) is 0 Å². The summed E-state index contributed by atoms with van der Waals surface area (Å²) >= 11 is 0. The molecule has 1 aliphatic heterocycles. The monoisotopic (exact) mass is 276 g/mol. The summed E-state index contributed by atoms with van der Waals surface area (Å²) in [7, 11) is 1.76. The average molecular weight is 276 g/mol. The Bertz CT molecular complexity index is 601. The highest BCUT2D eigenvalue weighted by Gasteiger charge is 2.32. The quantitative estimate of drug-likeness (QED) is 0.881. The molecule has 0 amide bonds. The lowest BCUT2D eigenvalue weighted by atomic mass is 10.0. The third-order valence-electron chi connectivity index (χ3n) is 3.02. The van der Waals surface area contributed by atoms with Gasteiger partial charge < -0.3 is 5.11 Å². The van der Waals surface area contributed by atoms with Crippen LogP contribution < -0.4 is 15.6 Å². The molecule has 1 aromatic rings. The zero-order chi connectivity index (χ0) is 15.1. The van der Waals surface area contributed by atoms with Crippen LogP contribution in [0.4, 0.5) is 15.8 Å². The first-order valence-corrected chi connectivity index (χ1v) is 6.17. The van der Waals surface area contributed by atoms with E-state index in [0.29, 0.717) is 11.4 Å². The van der Waals surface area contributed by atoms with Crippen molar-refractivity contribution in [3.8, 4) is 6.07 Å². The van der Waals surface area contributed by atoms with Gasteiger partial charge in [0.2, 0.25) is 0 Å². The molecule has 0 saturated heterocycles. The molecule has 0 fully saturated rings. The predicted molar refractivity (Wildman–Crippen MR) is 76.4 cm³/mol. The summed E-state index contributed by atoms with van der Waals surface area (Å²) in [6, 6.07) is 3.51. The fourth-order valence-electron chi connectivity index (χ4n) is 2.22. The van der Waals surface area contributed by atoms with Gasteiger partial charge >= 0.3 is 0 Å². The number of benzene rings is 1. The van der Waals surface area contributed by atoms with Gasteiger partial charge in [-0.2, -0.15) is 5.26 Å². The Balaban J connectivity index is 2.61. The van der Waals surface area contributed by atoms with Crippen LogP contribution in [0.25, 0.3) is 6.08 Å². The van der Waals surface area contributed by atoms with E-state index in [4.69, 9.17) is 0 Å². The van der Waals surface area contributed by atoms with Crippen LogP contribution >= 0.6 is 0 Å². The molecule has 2 rings (SSSR count). The van der Waals surface area contributed by atoms with Gasteiger partial charge in [-0.3, -0.25) is 10.0 Å². The lowest BCUT2D eigenvalue weighted by molar-refractivity contribution is 0.0853. The van der Waals surface area contributed by atoms with Crippen molar-refractivity contribution < 1.29 is 9.50 Å². The average Bonchev–Trinajstić information content (AvgIpc) is 2.63. The highest BCUT2D eigenvalue weighted by molar-refractivity contribution is 5.83. The van der Waals surface area contributed by atoms with Gasteiger partial charge in [0.1, 0.15) is 17.4 Å². The summed E-state index contributed by atoms with van der Waals surface area (Å²) in [4.78, 5) is 0. The number of aliphatic hydroxyl groups is 1. The minimum atomic E-state index is -0.990. The number of nitrogens with zero attached hydrogens (tertiary/aromatic N) is 3. The number of rotatable bonds is 3. The Labute approximate surface area is 117 Å². The van der Waals surface area contributed by atoms with E-state index in [1.54, 1.807) is 37.0 Å². The van der Waals surface area contributed by atoms with Crippen molar-refractivity contribution >= 4 is 17.5 Å². The van der Waals surface area contributed by atoms with Gasteiger partial charge in [-0.1, -0.05) is 12.7 Å². The van der Waals surface area contributed by atoms with Gasteiger partial charge in [-0.05, 0) is 19.9 Å². The van der Waals surface area contributed by atoms with E-state index < -0.39 is 11.4 Å². The van der Waals surface area contributed by atoms with Crippen LogP contribution in [-0.2, 0) is 0 Å². The SMILES string of the molecule is C=Cc1cc2c(c(C#N)c1F)N(CC(C)(C)O)NN2C. The number of halogens is 1. The Morgan fingerprint density at radius 2 is 2.25 bits per heavy atom. The Hall–Kier alpha value is -2.10. The molecule has 5 nitrogen and oxygen atoms in total. The fraction of sp³-hybridized carbons (Fsp3) is 0.357. The number of nitrogens with one attached hydrogen (secondary N) is 1. The molecule has 1 aromatic carbocycles. The van der Waals surface area contributed by atoms with Crippen molar-refractivity contribution in [3.05, 3.63) is 29.6 Å². The van der Waals surface area contributed by atoms with Gasteiger partial charge in [-0.25, -0.2) is 4.39 Å². The van der Waals surface area contributed by atoms with Crippen molar-refractivity contribution in [2.45, 2.75) is 19.4 Å². The van der Waals surface area contributed by atoms with Gasteiger partial charge in [0.05, 0.1) is 23.5 Å². The largest absolute Gasteiger partial charge is 0.389 e. The Kier molecular flexibility index (Phi) is 3.42. The van der Waals surface area contributed by atoms with E-state index in [2.05, 4.69) is 12.1 Å².